The topological polar surface area (TPSA) is 70.2 Å². The second-order valence-corrected chi connectivity index (χ2v) is 5.59. The Bertz CT molecular complexity index is 676. The van der Waals surface area contributed by atoms with Crippen LogP contribution in [-0.4, -0.2) is 17.9 Å². The largest absolute Gasteiger partial charge is 0.356 e. The van der Waals surface area contributed by atoms with E-state index in [-0.39, 0.29) is 17.9 Å². The normalized spacial score (nSPS) is 10.3. The van der Waals surface area contributed by atoms with Gasteiger partial charge in [-0.25, -0.2) is 4.79 Å². The summed E-state index contributed by atoms with van der Waals surface area (Å²) >= 11 is 0. The predicted molar refractivity (Wildman–Crippen MR) is 93.5 cm³/mol. The lowest BCUT2D eigenvalue weighted by molar-refractivity contribution is 0.101. The zero-order valence-electron chi connectivity index (χ0n) is 13.5. The van der Waals surface area contributed by atoms with Gasteiger partial charge in [0.1, 0.15) is 0 Å². The standard InChI is InChI=1S/C18H21N3O2/c1-12(2)19-18(23)21-17-10-8-16(9-11-17)20-15-6-4-14(5-7-15)13(3)22/h4-12,20H,1-3H3,(H2,19,21,23). The van der Waals surface area contributed by atoms with Crippen LogP contribution in [0.25, 0.3) is 0 Å². The van der Waals surface area contributed by atoms with E-state index in [2.05, 4.69) is 16.0 Å². The predicted octanol–water partition coefficient (Wildman–Crippen LogP) is 4.16. The number of ketones is 1. The summed E-state index contributed by atoms with van der Waals surface area (Å²) in [5, 5.41) is 8.78. The summed E-state index contributed by atoms with van der Waals surface area (Å²) in [6, 6.07) is 14.6. The number of benzene rings is 2. The molecule has 2 rings (SSSR count). The number of urea groups is 1. The molecule has 0 unspecified atom stereocenters. The highest BCUT2D eigenvalue weighted by Gasteiger charge is 2.03. The Morgan fingerprint density at radius 1 is 0.826 bits per heavy atom. The van der Waals surface area contributed by atoms with Crippen molar-refractivity contribution >= 4 is 28.9 Å². The first-order valence-corrected chi connectivity index (χ1v) is 7.49. The van der Waals surface area contributed by atoms with Gasteiger partial charge in [0.15, 0.2) is 5.78 Å². The number of hydrogen-bond acceptors (Lipinski definition) is 3. The molecule has 5 nitrogen and oxygen atoms in total. The van der Waals surface area contributed by atoms with E-state index in [1.165, 1.54) is 0 Å². The van der Waals surface area contributed by atoms with Crippen molar-refractivity contribution in [1.82, 2.24) is 5.32 Å². The fourth-order valence-electron chi connectivity index (χ4n) is 2.02. The minimum Gasteiger partial charge on any atom is -0.356 e. The second-order valence-electron chi connectivity index (χ2n) is 5.59. The molecule has 120 valence electrons. The van der Waals surface area contributed by atoms with Crippen LogP contribution in [0.4, 0.5) is 21.9 Å². The van der Waals surface area contributed by atoms with Crippen LogP contribution >= 0.6 is 0 Å². The van der Waals surface area contributed by atoms with Crippen LogP contribution in [0.2, 0.25) is 0 Å². The van der Waals surface area contributed by atoms with Crippen LogP contribution in [0.5, 0.6) is 0 Å². The van der Waals surface area contributed by atoms with E-state index >= 15 is 0 Å². The first-order chi connectivity index (χ1) is 10.9. The maximum Gasteiger partial charge on any atom is 0.319 e. The zero-order valence-corrected chi connectivity index (χ0v) is 13.5. The van der Waals surface area contributed by atoms with Gasteiger partial charge < -0.3 is 16.0 Å². The van der Waals surface area contributed by atoms with Crippen LogP contribution in [-0.2, 0) is 0 Å². The highest BCUT2D eigenvalue weighted by atomic mass is 16.2. The molecule has 0 saturated carbocycles. The van der Waals surface area contributed by atoms with Gasteiger partial charge in [0.25, 0.3) is 0 Å². The van der Waals surface area contributed by atoms with Crippen LogP contribution in [0.3, 0.4) is 0 Å². The van der Waals surface area contributed by atoms with Gasteiger partial charge in [0, 0.05) is 28.7 Å². The molecule has 23 heavy (non-hydrogen) atoms. The molecular weight excluding hydrogens is 290 g/mol. The third-order valence-corrected chi connectivity index (χ3v) is 3.14. The van der Waals surface area contributed by atoms with E-state index in [1.54, 1.807) is 19.1 Å². The van der Waals surface area contributed by atoms with Gasteiger partial charge in [-0.1, -0.05) is 0 Å². The van der Waals surface area contributed by atoms with Crippen molar-refractivity contribution in [2.45, 2.75) is 26.8 Å². The molecule has 0 heterocycles. The van der Waals surface area contributed by atoms with Gasteiger partial charge >= 0.3 is 6.03 Å². The molecule has 3 N–H and O–H groups in total. The molecule has 0 atom stereocenters. The zero-order chi connectivity index (χ0) is 16.8. The highest BCUT2D eigenvalue weighted by molar-refractivity contribution is 5.94. The smallest absolute Gasteiger partial charge is 0.319 e. The van der Waals surface area contributed by atoms with Crippen molar-refractivity contribution in [1.29, 1.82) is 0 Å². The van der Waals surface area contributed by atoms with Crippen molar-refractivity contribution in [3.63, 3.8) is 0 Å². The van der Waals surface area contributed by atoms with Crippen LogP contribution in [0.1, 0.15) is 31.1 Å². The SMILES string of the molecule is CC(=O)c1ccc(Nc2ccc(NC(=O)NC(C)C)cc2)cc1. The molecule has 0 bridgehead atoms. The Morgan fingerprint density at radius 3 is 1.78 bits per heavy atom. The Kier molecular flexibility index (Phi) is 5.36. The van der Waals surface area contributed by atoms with Crippen LogP contribution < -0.4 is 16.0 Å². The number of anilines is 3. The summed E-state index contributed by atoms with van der Waals surface area (Å²) in [4.78, 5) is 22.9. The van der Waals surface area contributed by atoms with Crippen LogP contribution in [0.15, 0.2) is 48.5 Å². The van der Waals surface area contributed by atoms with Crippen LogP contribution in [0, 0.1) is 0 Å². The minimum atomic E-state index is -0.222. The van der Waals surface area contributed by atoms with Crippen molar-refractivity contribution in [3.05, 3.63) is 54.1 Å². The van der Waals surface area contributed by atoms with E-state index in [4.69, 9.17) is 0 Å². The van der Waals surface area contributed by atoms with Gasteiger partial charge in [-0.3, -0.25) is 4.79 Å². The molecule has 0 aliphatic carbocycles. The maximum atomic E-state index is 11.6. The number of carbonyl (C=O) groups excluding carboxylic acids is 2. The Morgan fingerprint density at radius 2 is 1.30 bits per heavy atom. The summed E-state index contributed by atoms with van der Waals surface area (Å²) in [5.74, 6) is 0.0478. The quantitative estimate of drug-likeness (QED) is 0.726. The molecule has 2 aromatic rings. The summed E-state index contributed by atoms with van der Waals surface area (Å²) in [5.41, 5.74) is 3.20. The Hall–Kier alpha value is -2.82. The number of hydrogen-bond donors (Lipinski definition) is 3. The average molecular weight is 311 g/mol. The number of nitrogens with one attached hydrogen (secondary N) is 3. The van der Waals surface area contributed by atoms with Gasteiger partial charge in [-0.2, -0.15) is 0 Å². The van der Waals surface area contributed by atoms with E-state index in [9.17, 15) is 9.59 Å². The molecule has 5 heteroatoms. The van der Waals surface area contributed by atoms with Crippen molar-refractivity contribution in [2.75, 3.05) is 10.6 Å². The molecule has 0 radical (unpaired) electrons. The van der Waals surface area contributed by atoms with E-state index in [0.29, 0.717) is 5.56 Å². The fourth-order valence-corrected chi connectivity index (χ4v) is 2.02. The molecule has 0 saturated heterocycles. The lowest BCUT2D eigenvalue weighted by atomic mass is 10.1. The Balaban J connectivity index is 1.97. The average Bonchev–Trinajstić information content (AvgIpc) is 2.49. The third-order valence-electron chi connectivity index (χ3n) is 3.14. The molecule has 0 aliphatic heterocycles. The minimum absolute atomic E-state index is 0.0478. The van der Waals surface area contributed by atoms with Crippen molar-refractivity contribution < 1.29 is 9.59 Å². The first-order valence-electron chi connectivity index (χ1n) is 7.49. The molecule has 0 spiro atoms. The highest BCUT2D eigenvalue weighted by Crippen LogP contribution is 2.19. The maximum absolute atomic E-state index is 11.6. The molecular formula is C18H21N3O2. The fraction of sp³-hybridized carbons (Fsp3) is 0.222. The summed E-state index contributed by atoms with van der Waals surface area (Å²) in [6.07, 6.45) is 0. The number of amides is 2. The Labute approximate surface area is 136 Å². The first kappa shape index (κ1) is 16.5. The monoisotopic (exact) mass is 311 g/mol. The summed E-state index contributed by atoms with van der Waals surface area (Å²) < 4.78 is 0. The number of rotatable bonds is 5. The van der Waals surface area contributed by atoms with Gasteiger partial charge in [-0.05, 0) is 69.3 Å². The lowest BCUT2D eigenvalue weighted by Crippen LogP contribution is -2.34. The van der Waals surface area contributed by atoms with E-state index in [1.807, 2.05) is 50.2 Å². The second kappa shape index (κ2) is 7.45. The molecule has 0 fully saturated rings. The van der Waals surface area contributed by atoms with Gasteiger partial charge in [0.05, 0.1) is 0 Å². The van der Waals surface area contributed by atoms with Crippen molar-refractivity contribution in [3.8, 4) is 0 Å². The van der Waals surface area contributed by atoms with Gasteiger partial charge in [0.2, 0.25) is 0 Å². The lowest BCUT2D eigenvalue weighted by Gasteiger charge is -2.11. The summed E-state index contributed by atoms with van der Waals surface area (Å²) in [7, 11) is 0. The molecule has 2 aromatic carbocycles. The van der Waals surface area contributed by atoms with Gasteiger partial charge in [-0.15, -0.1) is 0 Å². The van der Waals surface area contributed by atoms with Crippen molar-refractivity contribution in [2.24, 2.45) is 0 Å². The third kappa shape index (κ3) is 5.14. The van der Waals surface area contributed by atoms with E-state index < -0.39 is 0 Å². The molecule has 0 aromatic heterocycles. The molecule has 0 aliphatic rings. The number of Topliss-reactive ketones (excluding diaryl/α,β-unsaturated/α-hetero) is 1. The molecule has 2 amide bonds. The van der Waals surface area contributed by atoms with E-state index in [0.717, 1.165) is 17.1 Å². The summed E-state index contributed by atoms with van der Waals surface area (Å²) in [6.45, 7) is 5.36. The number of carbonyl (C=O) groups is 2.